The minimum Gasteiger partial charge on any atom is -0.469 e. The van der Waals surface area contributed by atoms with Gasteiger partial charge in [-0.1, -0.05) is 29.8 Å². The number of thiocarbonyl (C=S) groups is 1. The third kappa shape index (κ3) is 4.10. The van der Waals surface area contributed by atoms with Gasteiger partial charge in [-0.2, -0.15) is 0 Å². The molecule has 8 heteroatoms. The van der Waals surface area contributed by atoms with E-state index in [4.69, 9.17) is 28.6 Å². The number of nitrogens with zero attached hydrogens (tertiary/aromatic N) is 3. The van der Waals surface area contributed by atoms with E-state index in [2.05, 4.69) is 39.7 Å². The maximum atomic E-state index is 11.9. The van der Waals surface area contributed by atoms with Gasteiger partial charge in [0.15, 0.2) is 5.11 Å². The van der Waals surface area contributed by atoms with E-state index in [0.29, 0.717) is 16.7 Å². The number of halogens is 1. The van der Waals surface area contributed by atoms with E-state index in [-0.39, 0.29) is 24.5 Å². The molecule has 0 spiro atoms. The number of aryl methyl sites for hydroxylation is 1. The summed E-state index contributed by atoms with van der Waals surface area (Å²) in [7, 11) is 1.40. The summed E-state index contributed by atoms with van der Waals surface area (Å²) in [6.07, 6.45) is 2.02. The summed E-state index contributed by atoms with van der Waals surface area (Å²) in [5, 5.41) is 4.70. The van der Waals surface area contributed by atoms with Crippen LogP contribution in [0.3, 0.4) is 0 Å². The Kier molecular flexibility index (Phi) is 6.48. The molecule has 1 saturated heterocycles. The van der Waals surface area contributed by atoms with Crippen LogP contribution in [0.2, 0.25) is 5.02 Å². The third-order valence-corrected chi connectivity index (χ3v) is 6.54. The second kappa shape index (κ2) is 9.30. The number of ether oxygens (including phenoxy) is 1. The largest absolute Gasteiger partial charge is 0.469 e. The number of hydrogen-bond donors (Lipinski definition) is 1. The molecule has 1 aliphatic rings. The number of nitrogens with one attached hydrogen (secondary N) is 1. The first-order chi connectivity index (χ1) is 15.4. The summed E-state index contributed by atoms with van der Waals surface area (Å²) < 4.78 is 7.01. The van der Waals surface area contributed by atoms with Gasteiger partial charge < -0.3 is 19.5 Å². The van der Waals surface area contributed by atoms with Crippen molar-refractivity contribution < 1.29 is 9.53 Å². The molecule has 0 radical (unpaired) electrons. The van der Waals surface area contributed by atoms with Gasteiger partial charge in [-0.15, -0.1) is 0 Å². The molecule has 0 saturated carbocycles. The number of hydrogen-bond acceptors (Lipinski definition) is 4. The van der Waals surface area contributed by atoms with Crippen LogP contribution in [0.15, 0.2) is 54.7 Å². The zero-order valence-corrected chi connectivity index (χ0v) is 19.8. The van der Waals surface area contributed by atoms with Crippen molar-refractivity contribution >= 4 is 34.9 Å². The summed E-state index contributed by atoms with van der Waals surface area (Å²) in [5.74, 6) is -0.269. The zero-order chi connectivity index (χ0) is 22.8. The number of benzene rings is 1. The molecule has 2 aromatic heterocycles. The Morgan fingerprint density at radius 2 is 1.97 bits per heavy atom. The molecule has 6 nitrogen and oxygen atoms in total. The van der Waals surface area contributed by atoms with Crippen LogP contribution in [0.1, 0.15) is 41.1 Å². The summed E-state index contributed by atoms with van der Waals surface area (Å²) in [6, 6.07) is 15.5. The highest BCUT2D eigenvalue weighted by molar-refractivity contribution is 7.80. The molecule has 3 heterocycles. The number of para-hydroxylation sites is 1. The average molecular weight is 469 g/mol. The highest BCUT2D eigenvalue weighted by Crippen LogP contribution is 2.41. The van der Waals surface area contributed by atoms with E-state index in [0.717, 1.165) is 28.3 Å². The Morgan fingerprint density at radius 1 is 1.22 bits per heavy atom. The zero-order valence-electron chi connectivity index (χ0n) is 18.2. The Bertz CT molecular complexity index is 1150. The SMILES string of the molecule is COC(=O)CCN1C(=S)N[C@@H](c2ccccn2)[C@H]1c1cc(C)n(-c2ccccc2Cl)c1C. The number of carbonyl (C=O) groups excluding carboxylic acids is 1. The fraction of sp³-hybridized carbons (Fsp3) is 0.292. The lowest BCUT2D eigenvalue weighted by molar-refractivity contribution is -0.140. The number of aromatic nitrogens is 2. The van der Waals surface area contributed by atoms with E-state index in [1.807, 2.05) is 42.5 Å². The van der Waals surface area contributed by atoms with Crippen LogP contribution in [0.5, 0.6) is 0 Å². The van der Waals surface area contributed by atoms with Gasteiger partial charge >= 0.3 is 5.97 Å². The molecule has 1 N–H and O–H groups in total. The third-order valence-electron chi connectivity index (χ3n) is 5.86. The number of pyridine rings is 1. The van der Waals surface area contributed by atoms with Crippen molar-refractivity contribution in [2.75, 3.05) is 13.7 Å². The summed E-state index contributed by atoms with van der Waals surface area (Å²) in [6.45, 7) is 4.60. The number of rotatable bonds is 6. The van der Waals surface area contributed by atoms with E-state index in [1.54, 1.807) is 6.20 Å². The molecule has 0 unspecified atom stereocenters. The molecule has 166 valence electrons. The molecule has 0 aliphatic carbocycles. The van der Waals surface area contributed by atoms with E-state index < -0.39 is 0 Å². The molecule has 0 amide bonds. The second-order valence-electron chi connectivity index (χ2n) is 7.76. The lowest BCUT2D eigenvalue weighted by atomic mass is 9.96. The first-order valence-electron chi connectivity index (χ1n) is 10.4. The predicted octanol–water partition coefficient (Wildman–Crippen LogP) is 4.68. The van der Waals surface area contributed by atoms with Crippen LogP contribution in [-0.2, 0) is 9.53 Å². The molecule has 1 fully saturated rings. The fourth-order valence-corrected chi connectivity index (χ4v) is 4.94. The van der Waals surface area contributed by atoms with Crippen molar-refractivity contribution in [3.63, 3.8) is 0 Å². The monoisotopic (exact) mass is 468 g/mol. The second-order valence-corrected chi connectivity index (χ2v) is 8.55. The summed E-state index contributed by atoms with van der Waals surface area (Å²) in [4.78, 5) is 18.5. The van der Waals surface area contributed by atoms with Crippen molar-refractivity contribution in [2.45, 2.75) is 32.4 Å². The molecule has 32 heavy (non-hydrogen) atoms. The normalized spacial score (nSPS) is 18.0. The summed E-state index contributed by atoms with van der Waals surface area (Å²) >= 11 is 12.2. The smallest absolute Gasteiger partial charge is 0.307 e. The quantitative estimate of drug-likeness (QED) is 0.418. The highest BCUT2D eigenvalue weighted by atomic mass is 35.5. The van der Waals surface area contributed by atoms with Gasteiger partial charge in [0, 0.05) is 24.1 Å². The van der Waals surface area contributed by atoms with E-state index in [9.17, 15) is 4.79 Å². The van der Waals surface area contributed by atoms with Gasteiger partial charge in [-0.25, -0.2) is 0 Å². The molecule has 3 aromatic rings. The van der Waals surface area contributed by atoms with Gasteiger partial charge in [0.25, 0.3) is 0 Å². The van der Waals surface area contributed by atoms with E-state index in [1.165, 1.54) is 7.11 Å². The number of carbonyl (C=O) groups is 1. The molecular weight excluding hydrogens is 444 g/mol. The van der Waals surface area contributed by atoms with Gasteiger partial charge in [0.2, 0.25) is 0 Å². The minimum atomic E-state index is -0.269. The van der Waals surface area contributed by atoms with Gasteiger partial charge in [-0.05, 0) is 62.0 Å². The van der Waals surface area contributed by atoms with Gasteiger partial charge in [0.1, 0.15) is 0 Å². The Morgan fingerprint density at radius 3 is 2.66 bits per heavy atom. The predicted molar refractivity (Wildman–Crippen MR) is 129 cm³/mol. The maximum Gasteiger partial charge on any atom is 0.307 e. The maximum absolute atomic E-state index is 11.9. The lowest BCUT2D eigenvalue weighted by Gasteiger charge is -2.28. The number of esters is 1. The lowest BCUT2D eigenvalue weighted by Crippen LogP contribution is -2.32. The molecule has 1 aliphatic heterocycles. The first kappa shape index (κ1) is 22.3. The van der Waals surface area contributed by atoms with Gasteiger partial charge in [-0.3, -0.25) is 9.78 Å². The Balaban J connectivity index is 1.81. The standard InChI is InChI=1S/C24H25ClN4O2S/c1-15-14-17(16(2)29(15)20-10-5-4-8-18(20)25)23-22(19-9-6-7-12-26-19)27-24(32)28(23)13-11-21(30)31-3/h4-10,12,14,22-23H,11,13H2,1-3H3,(H,27,32)/t22-,23+/m0/s1. The summed E-state index contributed by atoms with van der Waals surface area (Å²) in [5.41, 5.74) is 5.06. The van der Waals surface area contributed by atoms with Crippen LogP contribution in [0.4, 0.5) is 0 Å². The molecular formula is C24H25ClN4O2S. The van der Waals surface area contributed by atoms with Crippen molar-refractivity contribution in [1.82, 2.24) is 19.8 Å². The van der Waals surface area contributed by atoms with Crippen LogP contribution in [0.25, 0.3) is 5.69 Å². The van der Waals surface area contributed by atoms with E-state index >= 15 is 0 Å². The Labute approximate surface area is 198 Å². The van der Waals surface area contributed by atoms with Crippen LogP contribution in [0, 0.1) is 13.8 Å². The minimum absolute atomic E-state index is 0.135. The average Bonchev–Trinajstić information content (AvgIpc) is 3.28. The van der Waals surface area contributed by atoms with Crippen LogP contribution >= 0.6 is 23.8 Å². The van der Waals surface area contributed by atoms with Gasteiger partial charge in [0.05, 0.1) is 42.0 Å². The van der Waals surface area contributed by atoms with Crippen molar-refractivity contribution in [2.24, 2.45) is 0 Å². The van der Waals surface area contributed by atoms with Crippen molar-refractivity contribution in [3.8, 4) is 5.69 Å². The van der Waals surface area contributed by atoms with Crippen LogP contribution < -0.4 is 5.32 Å². The van der Waals surface area contributed by atoms with Crippen molar-refractivity contribution in [1.29, 1.82) is 0 Å². The van der Waals surface area contributed by atoms with Crippen LogP contribution in [-0.4, -0.2) is 39.2 Å². The highest BCUT2D eigenvalue weighted by Gasteiger charge is 2.41. The Hall–Kier alpha value is -2.90. The first-order valence-corrected chi connectivity index (χ1v) is 11.2. The van der Waals surface area contributed by atoms with Crippen molar-refractivity contribution in [3.05, 3.63) is 82.4 Å². The fourth-order valence-electron chi connectivity index (χ4n) is 4.39. The topological polar surface area (TPSA) is 59.4 Å². The molecule has 1 aromatic carbocycles. The molecule has 0 bridgehead atoms. The number of methoxy groups -OCH3 is 1. The molecule has 2 atom stereocenters. The molecule has 4 rings (SSSR count).